The number of hydrogen-bond acceptors (Lipinski definition) is 8. The summed E-state index contributed by atoms with van der Waals surface area (Å²) in [7, 11) is 1.18. The van der Waals surface area contributed by atoms with Crippen molar-refractivity contribution in [1.82, 2.24) is 0 Å². The Morgan fingerprint density at radius 1 is 0.519 bits per heavy atom. The van der Waals surface area contributed by atoms with Crippen LogP contribution >= 0.6 is 7.82 Å². The highest BCUT2D eigenvalue weighted by Crippen LogP contribution is 2.38. The fraction of sp³-hybridized carbons (Fsp3) is 0.952. The van der Waals surface area contributed by atoms with Crippen LogP contribution in [0.1, 0.15) is 206 Å². The molecule has 0 amide bonds. The summed E-state index contributed by atoms with van der Waals surface area (Å²) in [5.41, 5.74) is 0. The topological polar surface area (TPSA) is 111 Å². The van der Waals surface area contributed by atoms with Gasteiger partial charge >= 0.3 is 11.9 Å². The highest BCUT2D eigenvalue weighted by atomic mass is 31.2. The van der Waals surface area contributed by atoms with Gasteiger partial charge in [0.05, 0.1) is 27.7 Å². The molecule has 0 aromatic carbocycles. The maximum Gasteiger partial charge on any atom is 0.306 e. The molecule has 2 unspecified atom stereocenters. The minimum atomic E-state index is -4.61. The van der Waals surface area contributed by atoms with Crippen LogP contribution in [0.2, 0.25) is 0 Å². The summed E-state index contributed by atoms with van der Waals surface area (Å²) in [5.74, 6) is -0.824. The van der Waals surface area contributed by atoms with Gasteiger partial charge in [-0.25, -0.2) is 0 Å². The van der Waals surface area contributed by atoms with E-state index in [2.05, 4.69) is 13.8 Å². The first-order valence-corrected chi connectivity index (χ1v) is 23.2. The van der Waals surface area contributed by atoms with Crippen molar-refractivity contribution in [3.63, 3.8) is 0 Å². The molecular weight excluding hydrogens is 677 g/mol. The number of quaternary nitrogens is 1. The largest absolute Gasteiger partial charge is 0.756 e. The Kier molecular flexibility index (Phi) is 35.0. The predicted molar refractivity (Wildman–Crippen MR) is 213 cm³/mol. The van der Waals surface area contributed by atoms with Crippen LogP contribution in [0.3, 0.4) is 0 Å². The number of rotatable bonds is 40. The lowest BCUT2D eigenvalue weighted by atomic mass is 10.0. The van der Waals surface area contributed by atoms with E-state index >= 15 is 0 Å². The van der Waals surface area contributed by atoms with E-state index in [1.807, 2.05) is 21.1 Å². The summed E-state index contributed by atoms with van der Waals surface area (Å²) in [6.45, 7) is 4.23. The molecule has 0 aliphatic carbocycles. The number of phosphoric acid groups is 1. The summed E-state index contributed by atoms with van der Waals surface area (Å²) in [6, 6.07) is 0. The van der Waals surface area contributed by atoms with Crippen molar-refractivity contribution in [2.24, 2.45) is 0 Å². The maximum atomic E-state index is 12.6. The number of unbranched alkanes of at least 4 members (excludes halogenated alkanes) is 26. The highest BCUT2D eigenvalue weighted by molar-refractivity contribution is 7.45. The fourth-order valence-electron chi connectivity index (χ4n) is 6.18. The van der Waals surface area contributed by atoms with Gasteiger partial charge in [-0.2, -0.15) is 0 Å². The van der Waals surface area contributed by atoms with Crippen LogP contribution in [0.25, 0.3) is 0 Å². The van der Waals surface area contributed by atoms with Crippen molar-refractivity contribution in [3.05, 3.63) is 0 Å². The second-order valence-electron chi connectivity index (χ2n) is 16.1. The van der Waals surface area contributed by atoms with Gasteiger partial charge in [-0.15, -0.1) is 0 Å². The van der Waals surface area contributed by atoms with E-state index in [0.717, 1.165) is 38.5 Å². The van der Waals surface area contributed by atoms with E-state index in [1.54, 1.807) is 0 Å². The van der Waals surface area contributed by atoms with Crippen LogP contribution in [-0.4, -0.2) is 70.0 Å². The molecule has 0 saturated carbocycles. The minimum absolute atomic E-state index is 0.0260. The molecule has 0 fully saturated rings. The molecular formula is C42H84NO8P. The van der Waals surface area contributed by atoms with Gasteiger partial charge in [0, 0.05) is 12.8 Å². The van der Waals surface area contributed by atoms with E-state index < -0.39 is 26.5 Å². The molecule has 0 aromatic rings. The third kappa shape index (κ3) is 38.7. The zero-order valence-electron chi connectivity index (χ0n) is 34.8. The Morgan fingerprint density at radius 3 is 1.23 bits per heavy atom. The molecule has 9 nitrogen and oxygen atoms in total. The van der Waals surface area contributed by atoms with E-state index in [9.17, 15) is 19.0 Å². The predicted octanol–water partition coefficient (Wildman–Crippen LogP) is 11.4. The minimum Gasteiger partial charge on any atom is -0.756 e. The standard InChI is InChI=1S/C42H84NO8P/c1-6-8-10-12-14-16-17-18-19-20-21-22-23-24-25-27-28-30-32-34-41(44)48-38-40(39-50-52(46,47)49-37-36-43(3,4)5)51-42(45)35-33-31-29-26-15-13-11-9-7-2/h40H,6-39H2,1-5H3. The molecule has 0 heterocycles. The number of hydrogen-bond donors (Lipinski definition) is 0. The second-order valence-corrected chi connectivity index (χ2v) is 17.5. The van der Waals surface area contributed by atoms with Crippen molar-refractivity contribution >= 4 is 19.8 Å². The van der Waals surface area contributed by atoms with Crippen LogP contribution in [-0.2, 0) is 32.7 Å². The second kappa shape index (κ2) is 35.7. The highest BCUT2D eigenvalue weighted by Gasteiger charge is 2.21. The van der Waals surface area contributed by atoms with Gasteiger partial charge in [-0.3, -0.25) is 14.2 Å². The van der Waals surface area contributed by atoms with Crippen molar-refractivity contribution in [3.8, 4) is 0 Å². The molecule has 0 bridgehead atoms. The van der Waals surface area contributed by atoms with Gasteiger partial charge in [0.2, 0.25) is 0 Å². The zero-order valence-corrected chi connectivity index (χ0v) is 35.7. The quantitative estimate of drug-likeness (QED) is 0.0263. The molecule has 2 atom stereocenters. The van der Waals surface area contributed by atoms with Crippen molar-refractivity contribution in [2.45, 2.75) is 213 Å². The normalized spacial score (nSPS) is 13.6. The lowest BCUT2D eigenvalue weighted by molar-refractivity contribution is -0.870. The summed E-state index contributed by atoms with van der Waals surface area (Å²) < 4.78 is 33.8. The third-order valence-corrected chi connectivity index (χ3v) is 10.6. The Balaban J connectivity index is 4.20. The Hall–Kier alpha value is -0.990. The molecule has 10 heteroatoms. The van der Waals surface area contributed by atoms with Gasteiger partial charge in [-0.1, -0.05) is 181 Å². The van der Waals surface area contributed by atoms with E-state index in [4.69, 9.17) is 18.5 Å². The maximum absolute atomic E-state index is 12.6. The number of phosphoric ester groups is 1. The smallest absolute Gasteiger partial charge is 0.306 e. The molecule has 0 aliphatic heterocycles. The summed E-state index contributed by atoms with van der Waals surface area (Å²) in [6.07, 6.45) is 34.2. The van der Waals surface area contributed by atoms with Crippen LogP contribution in [0, 0.1) is 0 Å². The van der Waals surface area contributed by atoms with E-state index in [1.165, 1.54) is 135 Å². The number of likely N-dealkylation sites (N-methyl/N-ethyl adjacent to an activating group) is 1. The SMILES string of the molecule is CCCCCCCCCCCCCCCCCCCCCC(=O)OCC(COP(=O)([O-])OCC[N+](C)(C)C)OC(=O)CCCCCCCCCCC. The first-order valence-electron chi connectivity index (χ1n) is 21.7. The number of nitrogens with zero attached hydrogens (tertiary/aromatic N) is 1. The lowest BCUT2D eigenvalue weighted by Gasteiger charge is -2.28. The number of esters is 2. The van der Waals surface area contributed by atoms with Gasteiger partial charge in [0.25, 0.3) is 7.82 Å². The molecule has 0 spiro atoms. The monoisotopic (exact) mass is 762 g/mol. The average molecular weight is 762 g/mol. The zero-order chi connectivity index (χ0) is 38.6. The van der Waals surface area contributed by atoms with Crippen LogP contribution in [0.4, 0.5) is 0 Å². The molecule has 52 heavy (non-hydrogen) atoms. The molecule has 0 N–H and O–H groups in total. The van der Waals surface area contributed by atoms with E-state index in [-0.39, 0.29) is 32.0 Å². The average Bonchev–Trinajstić information content (AvgIpc) is 3.09. The Bertz CT molecular complexity index is 865. The number of carbonyl (C=O) groups excluding carboxylic acids is 2. The Labute approximate surface area is 321 Å². The van der Waals surface area contributed by atoms with E-state index in [0.29, 0.717) is 17.4 Å². The van der Waals surface area contributed by atoms with Gasteiger partial charge in [-0.05, 0) is 12.8 Å². The van der Waals surface area contributed by atoms with Crippen LogP contribution < -0.4 is 4.89 Å². The molecule has 0 aliphatic rings. The summed E-state index contributed by atoms with van der Waals surface area (Å²) in [5, 5.41) is 0. The van der Waals surface area contributed by atoms with Gasteiger partial charge < -0.3 is 27.9 Å². The van der Waals surface area contributed by atoms with Crippen LogP contribution in [0.5, 0.6) is 0 Å². The molecule has 0 rings (SSSR count). The first kappa shape index (κ1) is 51.0. The number of carbonyl (C=O) groups is 2. The summed E-state index contributed by atoms with van der Waals surface area (Å²) >= 11 is 0. The summed E-state index contributed by atoms with van der Waals surface area (Å²) in [4.78, 5) is 37.4. The Morgan fingerprint density at radius 2 is 0.865 bits per heavy atom. The molecule has 0 aromatic heterocycles. The molecule has 0 saturated heterocycles. The third-order valence-electron chi connectivity index (χ3n) is 9.63. The van der Waals surface area contributed by atoms with Gasteiger partial charge in [0.15, 0.2) is 6.10 Å². The molecule has 310 valence electrons. The van der Waals surface area contributed by atoms with Crippen molar-refractivity contribution in [2.75, 3.05) is 47.5 Å². The fourth-order valence-corrected chi connectivity index (χ4v) is 6.91. The van der Waals surface area contributed by atoms with Gasteiger partial charge in [0.1, 0.15) is 19.8 Å². The molecule has 0 radical (unpaired) electrons. The number of ether oxygens (including phenoxy) is 2. The van der Waals surface area contributed by atoms with Crippen molar-refractivity contribution in [1.29, 1.82) is 0 Å². The lowest BCUT2D eigenvalue weighted by Crippen LogP contribution is -2.37. The first-order chi connectivity index (χ1) is 25.0. The van der Waals surface area contributed by atoms with Crippen LogP contribution in [0.15, 0.2) is 0 Å². The van der Waals surface area contributed by atoms with Crippen molar-refractivity contribution < 1.29 is 42.1 Å².